The van der Waals surface area contributed by atoms with Crippen LogP contribution in [0.5, 0.6) is 5.75 Å². The zero-order valence-electron chi connectivity index (χ0n) is 11.2. The molecule has 1 rings (SSSR count). The largest absolute Gasteiger partial charge is 0.495 e. The van der Waals surface area contributed by atoms with Gasteiger partial charge in [-0.2, -0.15) is 0 Å². The lowest BCUT2D eigenvalue weighted by atomic mass is 10.2. The van der Waals surface area contributed by atoms with Gasteiger partial charge in [0.1, 0.15) is 12.4 Å². The maximum Gasteiger partial charge on any atom is 0.250 e. The number of benzene rings is 1. The summed E-state index contributed by atoms with van der Waals surface area (Å²) in [5, 5.41) is 2.72. The molecule has 0 atom stereocenters. The number of hydrogen-bond donors (Lipinski definition) is 2. The summed E-state index contributed by atoms with van der Waals surface area (Å²) in [4.78, 5) is 11.6. The molecular formula is C13H20N2O3. The average molecular weight is 252 g/mol. The van der Waals surface area contributed by atoms with Crippen LogP contribution in [0.4, 0.5) is 11.4 Å². The van der Waals surface area contributed by atoms with Crippen molar-refractivity contribution in [1.29, 1.82) is 0 Å². The molecule has 0 spiro atoms. The van der Waals surface area contributed by atoms with E-state index in [4.69, 9.17) is 15.2 Å². The second-order valence-corrected chi connectivity index (χ2v) is 4.91. The van der Waals surface area contributed by atoms with Crippen molar-refractivity contribution in [3.63, 3.8) is 0 Å². The molecule has 0 saturated carbocycles. The lowest BCUT2D eigenvalue weighted by Gasteiger charge is -2.19. The zero-order chi connectivity index (χ0) is 13.8. The zero-order valence-corrected chi connectivity index (χ0v) is 11.2. The van der Waals surface area contributed by atoms with E-state index in [9.17, 15) is 4.79 Å². The number of carbonyl (C=O) groups is 1. The molecule has 1 amide bonds. The second-order valence-electron chi connectivity index (χ2n) is 4.91. The lowest BCUT2D eigenvalue weighted by molar-refractivity contribution is -0.125. The Balaban J connectivity index is 2.59. The fourth-order valence-electron chi connectivity index (χ4n) is 1.27. The van der Waals surface area contributed by atoms with Crippen molar-refractivity contribution in [2.75, 3.05) is 24.8 Å². The number of amides is 1. The van der Waals surface area contributed by atoms with E-state index in [1.165, 1.54) is 7.11 Å². The Morgan fingerprint density at radius 1 is 1.39 bits per heavy atom. The number of methoxy groups -OCH3 is 1. The molecule has 5 heteroatoms. The Bertz CT molecular complexity index is 425. The van der Waals surface area contributed by atoms with Gasteiger partial charge in [0.2, 0.25) is 5.91 Å². The number of rotatable bonds is 4. The maximum atomic E-state index is 11.6. The Hall–Kier alpha value is -1.75. The van der Waals surface area contributed by atoms with E-state index < -0.39 is 0 Å². The first-order valence-corrected chi connectivity index (χ1v) is 5.69. The van der Waals surface area contributed by atoms with Crippen LogP contribution >= 0.6 is 0 Å². The topological polar surface area (TPSA) is 73.6 Å². The van der Waals surface area contributed by atoms with E-state index in [2.05, 4.69) is 5.32 Å². The molecule has 0 heterocycles. The Morgan fingerprint density at radius 2 is 2.06 bits per heavy atom. The van der Waals surface area contributed by atoms with Crippen LogP contribution in [-0.2, 0) is 9.53 Å². The van der Waals surface area contributed by atoms with Crippen molar-refractivity contribution in [3.8, 4) is 5.75 Å². The lowest BCUT2D eigenvalue weighted by Crippen LogP contribution is -2.27. The predicted molar refractivity (Wildman–Crippen MR) is 71.7 cm³/mol. The third-order valence-electron chi connectivity index (χ3n) is 2.15. The highest BCUT2D eigenvalue weighted by atomic mass is 16.5. The van der Waals surface area contributed by atoms with Crippen molar-refractivity contribution in [2.24, 2.45) is 0 Å². The molecule has 0 unspecified atom stereocenters. The molecule has 0 aliphatic heterocycles. The first kappa shape index (κ1) is 14.3. The van der Waals surface area contributed by atoms with Gasteiger partial charge in [-0.1, -0.05) is 0 Å². The average Bonchev–Trinajstić information content (AvgIpc) is 2.28. The number of nitrogens with two attached hydrogens (primary N) is 1. The van der Waals surface area contributed by atoms with Crippen LogP contribution in [0.15, 0.2) is 18.2 Å². The summed E-state index contributed by atoms with van der Waals surface area (Å²) < 4.78 is 10.4. The van der Waals surface area contributed by atoms with E-state index in [1.807, 2.05) is 20.8 Å². The van der Waals surface area contributed by atoms with Gasteiger partial charge < -0.3 is 20.5 Å². The minimum absolute atomic E-state index is 0.0101. The first-order chi connectivity index (χ1) is 8.31. The molecule has 0 radical (unpaired) electrons. The van der Waals surface area contributed by atoms with Gasteiger partial charge in [-0.3, -0.25) is 4.79 Å². The fourth-order valence-corrected chi connectivity index (χ4v) is 1.27. The molecule has 0 aromatic heterocycles. The summed E-state index contributed by atoms with van der Waals surface area (Å²) >= 11 is 0. The van der Waals surface area contributed by atoms with Gasteiger partial charge in [0, 0.05) is 11.8 Å². The molecule has 0 saturated heterocycles. The smallest absolute Gasteiger partial charge is 0.250 e. The Labute approximate surface area is 107 Å². The fraction of sp³-hybridized carbons (Fsp3) is 0.462. The molecule has 0 aliphatic carbocycles. The van der Waals surface area contributed by atoms with Crippen molar-refractivity contribution in [2.45, 2.75) is 26.4 Å². The normalized spacial score (nSPS) is 11.1. The van der Waals surface area contributed by atoms with Gasteiger partial charge >= 0.3 is 0 Å². The molecule has 1 aromatic rings. The molecule has 0 fully saturated rings. The third kappa shape index (κ3) is 4.63. The summed E-state index contributed by atoms with van der Waals surface area (Å²) in [6.45, 7) is 5.70. The predicted octanol–water partition coefficient (Wildman–Crippen LogP) is 2.03. The Kier molecular flexibility index (Phi) is 4.55. The van der Waals surface area contributed by atoms with Crippen molar-refractivity contribution in [1.82, 2.24) is 0 Å². The highest BCUT2D eigenvalue weighted by Gasteiger charge is 2.13. The van der Waals surface area contributed by atoms with Crippen LogP contribution in [-0.4, -0.2) is 25.2 Å². The Morgan fingerprint density at radius 3 is 2.61 bits per heavy atom. The highest BCUT2D eigenvalue weighted by Crippen LogP contribution is 2.24. The number of nitrogen functional groups attached to an aromatic ring is 1. The van der Waals surface area contributed by atoms with Crippen molar-refractivity contribution in [3.05, 3.63) is 18.2 Å². The van der Waals surface area contributed by atoms with Gasteiger partial charge in [-0.05, 0) is 32.9 Å². The van der Waals surface area contributed by atoms with E-state index in [1.54, 1.807) is 18.2 Å². The molecule has 18 heavy (non-hydrogen) atoms. The quantitative estimate of drug-likeness (QED) is 0.804. The summed E-state index contributed by atoms with van der Waals surface area (Å²) in [5.41, 5.74) is 6.50. The van der Waals surface area contributed by atoms with Crippen LogP contribution in [0.3, 0.4) is 0 Å². The molecule has 0 aliphatic rings. The third-order valence-corrected chi connectivity index (χ3v) is 2.15. The van der Waals surface area contributed by atoms with Gasteiger partial charge in [0.15, 0.2) is 0 Å². The second kappa shape index (κ2) is 5.73. The minimum Gasteiger partial charge on any atom is -0.495 e. The van der Waals surface area contributed by atoms with Gasteiger partial charge in [0.05, 0.1) is 18.4 Å². The van der Waals surface area contributed by atoms with Crippen molar-refractivity contribution >= 4 is 17.3 Å². The summed E-state index contributed by atoms with van der Waals surface area (Å²) in [6.07, 6.45) is 0. The molecular weight excluding hydrogens is 232 g/mol. The minimum atomic E-state index is -0.337. The van der Waals surface area contributed by atoms with Gasteiger partial charge in [-0.15, -0.1) is 0 Å². The maximum absolute atomic E-state index is 11.6. The molecule has 100 valence electrons. The van der Waals surface area contributed by atoms with Crippen molar-refractivity contribution < 1.29 is 14.3 Å². The van der Waals surface area contributed by atoms with E-state index in [-0.39, 0.29) is 18.1 Å². The number of carbonyl (C=O) groups excluding carboxylic acids is 1. The number of hydrogen-bond acceptors (Lipinski definition) is 4. The van der Waals surface area contributed by atoms with Gasteiger partial charge in [0.25, 0.3) is 0 Å². The standard InChI is InChI=1S/C13H20N2O3/c1-13(2,3)18-8-12(16)15-9-5-6-10(14)11(7-9)17-4/h5-7H,8,14H2,1-4H3,(H,15,16). The number of nitrogens with one attached hydrogen (secondary N) is 1. The summed E-state index contributed by atoms with van der Waals surface area (Å²) in [7, 11) is 1.53. The van der Waals surface area contributed by atoms with Gasteiger partial charge in [-0.25, -0.2) is 0 Å². The van der Waals surface area contributed by atoms with Crippen LogP contribution in [0, 0.1) is 0 Å². The highest BCUT2D eigenvalue weighted by molar-refractivity contribution is 5.92. The summed E-state index contributed by atoms with van der Waals surface area (Å²) in [6, 6.07) is 5.07. The van der Waals surface area contributed by atoms with Crippen LogP contribution in [0.1, 0.15) is 20.8 Å². The van der Waals surface area contributed by atoms with E-state index in [0.29, 0.717) is 17.1 Å². The van der Waals surface area contributed by atoms with Crippen LogP contribution < -0.4 is 15.8 Å². The number of anilines is 2. The molecule has 0 bridgehead atoms. The van der Waals surface area contributed by atoms with Crippen LogP contribution in [0.25, 0.3) is 0 Å². The molecule has 5 nitrogen and oxygen atoms in total. The number of ether oxygens (including phenoxy) is 2. The monoisotopic (exact) mass is 252 g/mol. The van der Waals surface area contributed by atoms with Crippen LogP contribution in [0.2, 0.25) is 0 Å². The first-order valence-electron chi connectivity index (χ1n) is 5.69. The summed E-state index contributed by atoms with van der Waals surface area (Å²) in [5.74, 6) is 0.321. The molecule has 1 aromatic carbocycles. The molecule has 3 N–H and O–H groups in total. The SMILES string of the molecule is COc1cc(NC(=O)COC(C)(C)C)ccc1N. The van der Waals surface area contributed by atoms with E-state index >= 15 is 0 Å². The van der Waals surface area contributed by atoms with E-state index in [0.717, 1.165) is 0 Å².